The SMILES string of the molecule is CCOc1cc(CN)cc(Br)c1OC1CCS(=O)(=O)C1. The van der Waals surface area contributed by atoms with Crippen molar-refractivity contribution in [3.8, 4) is 11.5 Å². The van der Waals surface area contributed by atoms with E-state index in [1.54, 1.807) is 0 Å². The predicted octanol–water partition coefficient (Wildman–Crippen LogP) is 1.87. The van der Waals surface area contributed by atoms with E-state index in [1.807, 2.05) is 19.1 Å². The van der Waals surface area contributed by atoms with Crippen LogP contribution >= 0.6 is 15.9 Å². The molecule has 7 heteroatoms. The summed E-state index contributed by atoms with van der Waals surface area (Å²) < 4.78 is 35.1. The van der Waals surface area contributed by atoms with E-state index in [1.165, 1.54) is 0 Å². The van der Waals surface area contributed by atoms with Crippen molar-refractivity contribution in [3.63, 3.8) is 0 Å². The number of halogens is 1. The molecular formula is C13H18BrNO4S. The molecule has 0 amide bonds. The van der Waals surface area contributed by atoms with Gasteiger partial charge in [-0.3, -0.25) is 0 Å². The minimum atomic E-state index is -2.97. The highest BCUT2D eigenvalue weighted by Gasteiger charge is 2.30. The van der Waals surface area contributed by atoms with Crippen LogP contribution in [0.3, 0.4) is 0 Å². The van der Waals surface area contributed by atoms with E-state index in [2.05, 4.69) is 15.9 Å². The number of rotatable bonds is 5. The van der Waals surface area contributed by atoms with Gasteiger partial charge >= 0.3 is 0 Å². The molecule has 1 aromatic rings. The van der Waals surface area contributed by atoms with Crippen LogP contribution in [-0.2, 0) is 16.4 Å². The Hall–Kier alpha value is -0.790. The summed E-state index contributed by atoms with van der Waals surface area (Å²) in [6.07, 6.45) is 0.193. The van der Waals surface area contributed by atoms with E-state index in [9.17, 15) is 8.42 Å². The van der Waals surface area contributed by atoms with Crippen LogP contribution in [0.25, 0.3) is 0 Å². The number of hydrogen-bond acceptors (Lipinski definition) is 5. The van der Waals surface area contributed by atoms with Gasteiger partial charge in [0.15, 0.2) is 21.3 Å². The zero-order valence-corrected chi connectivity index (χ0v) is 13.7. The lowest BCUT2D eigenvalue weighted by atomic mass is 10.2. The Morgan fingerprint density at radius 3 is 2.75 bits per heavy atom. The number of ether oxygens (including phenoxy) is 2. The molecule has 1 heterocycles. The lowest BCUT2D eigenvalue weighted by Gasteiger charge is -2.18. The van der Waals surface area contributed by atoms with Crippen LogP contribution < -0.4 is 15.2 Å². The molecule has 1 atom stereocenters. The molecule has 1 unspecified atom stereocenters. The van der Waals surface area contributed by atoms with Crippen LogP contribution in [0.1, 0.15) is 18.9 Å². The highest BCUT2D eigenvalue weighted by molar-refractivity contribution is 9.10. The summed E-state index contributed by atoms with van der Waals surface area (Å²) in [7, 11) is -2.97. The minimum absolute atomic E-state index is 0.0592. The van der Waals surface area contributed by atoms with Crippen LogP contribution in [0.15, 0.2) is 16.6 Å². The second-order valence-corrected chi connectivity index (χ2v) is 7.77. The van der Waals surface area contributed by atoms with Crippen molar-refractivity contribution in [1.29, 1.82) is 0 Å². The first kappa shape index (κ1) is 15.6. The Kier molecular flexibility index (Phi) is 4.93. The van der Waals surface area contributed by atoms with Gasteiger partial charge in [0.05, 0.1) is 22.6 Å². The fraction of sp³-hybridized carbons (Fsp3) is 0.538. The smallest absolute Gasteiger partial charge is 0.175 e. The first-order valence-electron chi connectivity index (χ1n) is 6.47. The van der Waals surface area contributed by atoms with Crippen LogP contribution in [-0.4, -0.2) is 32.6 Å². The summed E-state index contributed by atoms with van der Waals surface area (Å²) >= 11 is 3.43. The molecule has 1 fully saturated rings. The van der Waals surface area contributed by atoms with Gasteiger partial charge in [0, 0.05) is 6.54 Å². The van der Waals surface area contributed by atoms with E-state index >= 15 is 0 Å². The molecule has 0 spiro atoms. The molecule has 0 aliphatic carbocycles. The van der Waals surface area contributed by atoms with Crippen molar-refractivity contribution >= 4 is 25.8 Å². The van der Waals surface area contributed by atoms with E-state index in [4.69, 9.17) is 15.2 Å². The Bertz CT molecular complexity index is 588. The van der Waals surface area contributed by atoms with Gasteiger partial charge in [-0.25, -0.2) is 8.42 Å². The third-order valence-corrected chi connectivity index (χ3v) is 5.41. The maximum atomic E-state index is 11.5. The summed E-state index contributed by atoms with van der Waals surface area (Å²) in [6, 6.07) is 3.69. The van der Waals surface area contributed by atoms with Crippen molar-refractivity contribution in [2.75, 3.05) is 18.1 Å². The highest BCUT2D eigenvalue weighted by Crippen LogP contribution is 2.38. The van der Waals surface area contributed by atoms with Crippen molar-refractivity contribution in [2.45, 2.75) is 26.0 Å². The van der Waals surface area contributed by atoms with E-state index in [0.717, 1.165) is 10.0 Å². The number of sulfone groups is 1. The van der Waals surface area contributed by atoms with Gasteiger partial charge in [-0.1, -0.05) is 0 Å². The van der Waals surface area contributed by atoms with E-state index in [-0.39, 0.29) is 17.6 Å². The van der Waals surface area contributed by atoms with Crippen molar-refractivity contribution in [1.82, 2.24) is 0 Å². The Morgan fingerprint density at radius 1 is 1.45 bits per heavy atom. The molecule has 1 aliphatic rings. The van der Waals surface area contributed by atoms with Gasteiger partial charge in [-0.05, 0) is 47.0 Å². The van der Waals surface area contributed by atoms with Crippen molar-refractivity contribution < 1.29 is 17.9 Å². The Morgan fingerprint density at radius 2 is 2.20 bits per heavy atom. The molecule has 1 aromatic carbocycles. The molecule has 0 radical (unpaired) electrons. The third-order valence-electron chi connectivity index (χ3n) is 3.08. The second kappa shape index (κ2) is 6.32. The lowest BCUT2D eigenvalue weighted by Crippen LogP contribution is -2.18. The number of benzene rings is 1. The van der Waals surface area contributed by atoms with E-state index < -0.39 is 9.84 Å². The Balaban J connectivity index is 2.26. The fourth-order valence-corrected chi connectivity index (χ4v) is 4.31. The average molecular weight is 364 g/mol. The van der Waals surface area contributed by atoms with Crippen LogP contribution in [0, 0.1) is 0 Å². The van der Waals surface area contributed by atoms with Gasteiger partial charge in [-0.2, -0.15) is 0 Å². The molecule has 0 bridgehead atoms. The molecule has 1 aliphatic heterocycles. The van der Waals surface area contributed by atoms with Crippen molar-refractivity contribution in [2.24, 2.45) is 5.73 Å². The topological polar surface area (TPSA) is 78.6 Å². The Labute approximate surface area is 127 Å². The summed E-state index contributed by atoms with van der Waals surface area (Å²) in [4.78, 5) is 0. The zero-order chi connectivity index (χ0) is 14.8. The minimum Gasteiger partial charge on any atom is -0.490 e. The maximum absolute atomic E-state index is 11.5. The molecule has 0 aromatic heterocycles. The molecule has 2 N–H and O–H groups in total. The third kappa shape index (κ3) is 3.65. The predicted molar refractivity (Wildman–Crippen MR) is 80.9 cm³/mol. The lowest BCUT2D eigenvalue weighted by molar-refractivity contribution is 0.211. The van der Waals surface area contributed by atoms with E-state index in [0.29, 0.717) is 31.1 Å². The summed E-state index contributed by atoms with van der Waals surface area (Å²) in [6.45, 7) is 2.78. The summed E-state index contributed by atoms with van der Waals surface area (Å²) in [5.74, 6) is 1.38. The summed E-state index contributed by atoms with van der Waals surface area (Å²) in [5, 5.41) is 0. The number of hydrogen-bond donors (Lipinski definition) is 1. The van der Waals surface area contributed by atoms with Crippen LogP contribution in [0.2, 0.25) is 0 Å². The van der Waals surface area contributed by atoms with Gasteiger partial charge in [0.1, 0.15) is 6.10 Å². The quantitative estimate of drug-likeness (QED) is 0.863. The fourth-order valence-electron chi connectivity index (χ4n) is 2.14. The van der Waals surface area contributed by atoms with Gasteiger partial charge in [0.25, 0.3) is 0 Å². The van der Waals surface area contributed by atoms with Crippen LogP contribution in [0.4, 0.5) is 0 Å². The van der Waals surface area contributed by atoms with Crippen LogP contribution in [0.5, 0.6) is 11.5 Å². The monoisotopic (exact) mass is 363 g/mol. The standard InChI is InChI=1S/C13H18BrNO4S/c1-2-18-12-6-9(7-15)5-11(14)13(12)19-10-3-4-20(16,17)8-10/h5-6,10H,2-4,7-8,15H2,1H3. The normalized spacial score (nSPS) is 20.9. The highest BCUT2D eigenvalue weighted by atomic mass is 79.9. The van der Waals surface area contributed by atoms with Gasteiger partial charge < -0.3 is 15.2 Å². The molecule has 20 heavy (non-hydrogen) atoms. The molecule has 2 rings (SSSR count). The molecule has 5 nitrogen and oxygen atoms in total. The summed E-state index contributed by atoms with van der Waals surface area (Å²) in [5.41, 5.74) is 6.56. The largest absolute Gasteiger partial charge is 0.490 e. The van der Waals surface area contributed by atoms with Gasteiger partial charge in [-0.15, -0.1) is 0 Å². The molecular weight excluding hydrogens is 346 g/mol. The molecule has 112 valence electrons. The average Bonchev–Trinajstić information content (AvgIpc) is 2.73. The van der Waals surface area contributed by atoms with Crippen molar-refractivity contribution in [3.05, 3.63) is 22.2 Å². The molecule has 1 saturated heterocycles. The first-order chi connectivity index (χ1) is 9.45. The zero-order valence-electron chi connectivity index (χ0n) is 11.3. The number of nitrogens with two attached hydrogens (primary N) is 1. The second-order valence-electron chi connectivity index (χ2n) is 4.68. The maximum Gasteiger partial charge on any atom is 0.175 e. The first-order valence-corrected chi connectivity index (χ1v) is 9.09. The van der Waals surface area contributed by atoms with Gasteiger partial charge in [0.2, 0.25) is 0 Å². The molecule has 0 saturated carbocycles.